The van der Waals surface area contributed by atoms with Crippen LogP contribution in [0.5, 0.6) is 0 Å². The Morgan fingerprint density at radius 1 is 0.917 bits per heavy atom. The van der Waals surface area contributed by atoms with Crippen molar-refractivity contribution in [1.29, 1.82) is 0 Å². The van der Waals surface area contributed by atoms with E-state index in [0.717, 1.165) is 15.6 Å². The molecule has 3 aliphatic rings. The molecule has 0 saturated carbocycles. The number of rotatable bonds is 4. The highest BCUT2D eigenvalue weighted by molar-refractivity contribution is 9.10. The number of nitrogens with zero attached hydrogens (tertiary/aromatic N) is 3. The van der Waals surface area contributed by atoms with Gasteiger partial charge in [0.05, 0.1) is 28.5 Å². The summed E-state index contributed by atoms with van der Waals surface area (Å²) < 4.78 is 0.807. The Morgan fingerprint density at radius 2 is 1.64 bits per heavy atom. The van der Waals surface area contributed by atoms with Gasteiger partial charge in [-0.25, -0.2) is 4.90 Å². The smallest absolute Gasteiger partial charge is 0.270 e. The van der Waals surface area contributed by atoms with Gasteiger partial charge >= 0.3 is 0 Å². The Kier molecular flexibility index (Phi) is 5.11. The lowest BCUT2D eigenvalue weighted by molar-refractivity contribution is -0.384. The third-order valence-electron chi connectivity index (χ3n) is 7.16. The van der Waals surface area contributed by atoms with Crippen LogP contribution in [0.3, 0.4) is 0 Å². The summed E-state index contributed by atoms with van der Waals surface area (Å²) in [6, 6.07) is 18.5. The molecule has 3 aromatic carbocycles. The van der Waals surface area contributed by atoms with Gasteiger partial charge in [0.2, 0.25) is 11.8 Å². The number of amides is 2. The number of carbonyl (C=O) groups is 3. The van der Waals surface area contributed by atoms with E-state index in [1.807, 2.05) is 30.3 Å². The van der Waals surface area contributed by atoms with Crippen LogP contribution in [-0.4, -0.2) is 33.5 Å². The molecule has 2 fully saturated rings. The number of nitro groups is 1. The number of halogens is 1. The van der Waals surface area contributed by atoms with Crippen molar-refractivity contribution < 1.29 is 19.3 Å². The van der Waals surface area contributed by atoms with Crippen molar-refractivity contribution in [3.63, 3.8) is 0 Å². The first-order valence-electron chi connectivity index (χ1n) is 11.3. The molecule has 8 nitrogen and oxygen atoms in total. The zero-order valence-electron chi connectivity index (χ0n) is 18.7. The monoisotopic (exact) mass is 543 g/mol. The number of carbonyl (C=O) groups excluding carboxylic acids is 3. The van der Waals surface area contributed by atoms with Crippen molar-refractivity contribution in [3.05, 3.63) is 110 Å². The summed E-state index contributed by atoms with van der Waals surface area (Å²) in [5.74, 6) is -2.95. The predicted molar refractivity (Wildman–Crippen MR) is 135 cm³/mol. The second kappa shape index (κ2) is 8.23. The van der Waals surface area contributed by atoms with Crippen LogP contribution < -0.4 is 4.90 Å². The van der Waals surface area contributed by atoms with Crippen LogP contribution in [-0.2, 0) is 9.59 Å². The predicted octanol–water partition coefficient (Wildman–Crippen LogP) is 4.76. The first-order valence-corrected chi connectivity index (χ1v) is 12.1. The van der Waals surface area contributed by atoms with Gasteiger partial charge in [0.25, 0.3) is 5.69 Å². The molecule has 0 aliphatic carbocycles. The fraction of sp³-hybridized carbons (Fsp3) is 0.148. The van der Waals surface area contributed by atoms with E-state index in [1.165, 1.54) is 29.2 Å². The Balaban J connectivity index is 1.49. The highest BCUT2D eigenvalue weighted by atomic mass is 79.9. The molecule has 9 heteroatoms. The molecular weight excluding hydrogens is 526 g/mol. The Bertz CT molecular complexity index is 1480. The van der Waals surface area contributed by atoms with Crippen molar-refractivity contribution >= 4 is 51.0 Å². The highest BCUT2D eigenvalue weighted by Crippen LogP contribution is 2.53. The number of non-ortho nitro benzene ring substituents is 1. The van der Waals surface area contributed by atoms with Crippen LogP contribution in [0.25, 0.3) is 6.08 Å². The maximum Gasteiger partial charge on any atom is 0.270 e. The number of hydrogen-bond acceptors (Lipinski definition) is 6. The lowest BCUT2D eigenvalue weighted by atomic mass is 9.83. The number of fused-ring (bicyclic) bond motifs is 5. The molecular formula is C27H18BrN3O5. The summed E-state index contributed by atoms with van der Waals surface area (Å²) in [5, 5.41) is 11.3. The lowest BCUT2D eigenvalue weighted by Crippen LogP contribution is -2.44. The van der Waals surface area contributed by atoms with E-state index in [1.54, 1.807) is 35.4 Å². The topological polar surface area (TPSA) is 101 Å². The van der Waals surface area contributed by atoms with Crippen molar-refractivity contribution in [2.45, 2.75) is 12.1 Å². The second-order valence-corrected chi connectivity index (χ2v) is 9.91. The summed E-state index contributed by atoms with van der Waals surface area (Å²) >= 11 is 3.37. The van der Waals surface area contributed by atoms with Crippen LogP contribution in [0.2, 0.25) is 0 Å². The van der Waals surface area contributed by atoms with Gasteiger partial charge in [-0.05, 0) is 41.5 Å². The number of ketones is 1. The van der Waals surface area contributed by atoms with E-state index in [2.05, 4.69) is 15.9 Å². The average molecular weight is 544 g/mol. The van der Waals surface area contributed by atoms with Crippen LogP contribution in [0.15, 0.2) is 83.5 Å². The molecule has 0 unspecified atom stereocenters. The van der Waals surface area contributed by atoms with Crippen LogP contribution >= 0.6 is 15.9 Å². The second-order valence-electron chi connectivity index (χ2n) is 8.99. The van der Waals surface area contributed by atoms with Crippen LogP contribution in [0, 0.1) is 22.0 Å². The first-order chi connectivity index (χ1) is 17.4. The van der Waals surface area contributed by atoms with Gasteiger partial charge < -0.3 is 4.90 Å². The molecule has 3 aromatic rings. The van der Waals surface area contributed by atoms with Gasteiger partial charge in [-0.2, -0.15) is 0 Å². The number of Topliss-reactive ketones (excluding diaryl/α,β-unsaturated/α-hetero) is 1. The molecule has 0 bridgehead atoms. The highest BCUT2D eigenvalue weighted by Gasteiger charge is 2.64. The molecule has 3 heterocycles. The fourth-order valence-electron chi connectivity index (χ4n) is 5.65. The summed E-state index contributed by atoms with van der Waals surface area (Å²) in [6.07, 6.45) is 3.62. The zero-order valence-corrected chi connectivity index (χ0v) is 20.2. The molecule has 2 saturated heterocycles. The van der Waals surface area contributed by atoms with Gasteiger partial charge in [-0.1, -0.05) is 52.3 Å². The zero-order chi connectivity index (χ0) is 25.1. The first kappa shape index (κ1) is 22.4. The largest absolute Gasteiger partial charge is 0.358 e. The molecule has 0 radical (unpaired) electrons. The maximum atomic E-state index is 13.9. The maximum absolute atomic E-state index is 13.9. The van der Waals surface area contributed by atoms with E-state index in [9.17, 15) is 24.5 Å². The minimum atomic E-state index is -0.983. The van der Waals surface area contributed by atoms with E-state index in [0.29, 0.717) is 5.69 Å². The van der Waals surface area contributed by atoms with Gasteiger partial charge in [-0.3, -0.25) is 24.5 Å². The number of anilines is 1. The molecule has 4 atom stereocenters. The van der Waals surface area contributed by atoms with Gasteiger partial charge in [0, 0.05) is 28.4 Å². The molecule has 3 aliphatic heterocycles. The lowest BCUT2D eigenvalue weighted by Gasteiger charge is -2.35. The molecule has 6 rings (SSSR count). The van der Waals surface area contributed by atoms with Gasteiger partial charge in [-0.15, -0.1) is 0 Å². The Hall–Kier alpha value is -4.11. The van der Waals surface area contributed by atoms with Crippen LogP contribution in [0.4, 0.5) is 11.4 Å². The van der Waals surface area contributed by atoms with E-state index < -0.39 is 40.5 Å². The minimum Gasteiger partial charge on any atom is -0.358 e. The van der Waals surface area contributed by atoms with E-state index in [4.69, 9.17) is 0 Å². The third-order valence-corrected chi connectivity index (χ3v) is 7.69. The Morgan fingerprint density at radius 3 is 2.39 bits per heavy atom. The van der Waals surface area contributed by atoms with E-state index >= 15 is 0 Å². The molecule has 2 amide bonds. The minimum absolute atomic E-state index is 0.128. The average Bonchev–Trinajstić information content (AvgIpc) is 3.37. The SMILES string of the molecule is O=C(c1cccc([N+](=O)[O-])c1)[C@H]1[C@H]2C(=O)N(c3ccc(Br)cc3)C(=O)[C@@H]2[C@@H]2c3ccccc3C=CN12. The molecule has 36 heavy (non-hydrogen) atoms. The van der Waals surface area contributed by atoms with Crippen molar-refractivity contribution in [1.82, 2.24) is 4.90 Å². The van der Waals surface area contributed by atoms with Crippen molar-refractivity contribution in [3.8, 4) is 0 Å². The summed E-state index contributed by atoms with van der Waals surface area (Å²) in [5.41, 5.74) is 2.14. The van der Waals surface area contributed by atoms with Gasteiger partial charge in [0.1, 0.15) is 6.04 Å². The Labute approximate surface area is 214 Å². The third kappa shape index (κ3) is 3.23. The number of nitro benzene ring substituents is 1. The molecule has 0 N–H and O–H groups in total. The molecule has 178 valence electrons. The summed E-state index contributed by atoms with van der Waals surface area (Å²) in [4.78, 5) is 55.3. The summed E-state index contributed by atoms with van der Waals surface area (Å²) in [6.45, 7) is 0. The number of imide groups is 1. The quantitative estimate of drug-likeness (QED) is 0.203. The standard InChI is InChI=1S/C27H18BrN3O5/c28-17-8-10-18(11-9-17)30-26(33)21-22(27(30)34)24(25(32)16-5-3-6-19(14-16)31(35)36)29-13-12-15-4-1-2-7-20(15)23(21)29/h1-14,21-24H/t21-,22-,23-,24+/m0/s1. The molecule has 0 aromatic heterocycles. The normalized spacial score (nSPS) is 23.9. The van der Waals surface area contributed by atoms with Crippen molar-refractivity contribution in [2.75, 3.05) is 4.90 Å². The summed E-state index contributed by atoms with van der Waals surface area (Å²) in [7, 11) is 0. The van der Waals surface area contributed by atoms with Crippen molar-refractivity contribution in [2.24, 2.45) is 11.8 Å². The van der Waals surface area contributed by atoms with E-state index in [-0.39, 0.29) is 17.2 Å². The number of hydrogen-bond donors (Lipinski definition) is 0. The van der Waals surface area contributed by atoms with Crippen LogP contribution in [0.1, 0.15) is 27.5 Å². The number of benzene rings is 3. The van der Waals surface area contributed by atoms with Gasteiger partial charge in [0.15, 0.2) is 5.78 Å². The molecule has 0 spiro atoms. The fourth-order valence-corrected chi connectivity index (χ4v) is 5.91.